The van der Waals surface area contributed by atoms with Gasteiger partial charge in [-0.15, -0.1) is 24.8 Å². The van der Waals surface area contributed by atoms with Gasteiger partial charge in [-0.05, 0) is 75.2 Å². The number of ether oxygens (including phenoxy) is 1. The molecule has 34 heavy (non-hydrogen) atoms. The normalized spacial score (nSPS) is 17.9. The summed E-state index contributed by atoms with van der Waals surface area (Å²) in [7, 11) is 0. The monoisotopic (exact) mass is 507 g/mol. The number of nitrogens with one attached hydrogen (secondary N) is 1. The first kappa shape index (κ1) is 28.0. The van der Waals surface area contributed by atoms with Crippen LogP contribution in [-0.4, -0.2) is 67.0 Å². The second kappa shape index (κ2) is 14.2. The molecule has 2 aromatic carbocycles. The van der Waals surface area contributed by atoms with Gasteiger partial charge in [0, 0.05) is 36.8 Å². The number of carbonyl (C=O) groups is 2. The average molecular weight is 508 g/mol. The van der Waals surface area contributed by atoms with Gasteiger partial charge in [0.2, 0.25) is 0 Å². The van der Waals surface area contributed by atoms with Gasteiger partial charge in [-0.25, -0.2) is 0 Å². The van der Waals surface area contributed by atoms with Gasteiger partial charge in [0.05, 0.1) is 6.61 Å². The van der Waals surface area contributed by atoms with Gasteiger partial charge in [0.1, 0.15) is 5.75 Å². The van der Waals surface area contributed by atoms with Gasteiger partial charge in [-0.3, -0.25) is 9.59 Å². The maximum absolute atomic E-state index is 12.9. The maximum atomic E-state index is 12.9. The number of hydrogen-bond acceptors (Lipinski definition) is 4. The smallest absolute Gasteiger partial charge is 0.253 e. The van der Waals surface area contributed by atoms with Crippen LogP contribution in [0.3, 0.4) is 0 Å². The molecule has 0 saturated carbocycles. The molecule has 2 fully saturated rings. The fourth-order valence-electron chi connectivity index (χ4n) is 4.46. The summed E-state index contributed by atoms with van der Waals surface area (Å²) < 4.78 is 5.86. The highest BCUT2D eigenvalue weighted by atomic mass is 35.5. The zero-order valence-corrected chi connectivity index (χ0v) is 21.1. The Kier molecular flexibility index (Phi) is 11.7. The van der Waals surface area contributed by atoms with Crippen molar-refractivity contribution in [2.24, 2.45) is 0 Å². The van der Waals surface area contributed by atoms with Gasteiger partial charge in [-0.2, -0.15) is 0 Å². The molecule has 2 aliphatic heterocycles. The second-order valence-corrected chi connectivity index (χ2v) is 8.70. The molecule has 0 aliphatic carbocycles. The molecule has 2 amide bonds. The van der Waals surface area contributed by atoms with Crippen molar-refractivity contribution in [1.82, 2.24) is 15.1 Å². The number of likely N-dealkylation sites (tertiary alicyclic amines) is 2. The SMILES string of the molecule is Cl.Cl.O=C(N[C@H]1CCN(C(=O)c2ccc(OCCCN3CCCCC3)cc2)C1)c1ccccc1. The Hall–Kier alpha value is -2.28. The van der Waals surface area contributed by atoms with E-state index in [9.17, 15) is 9.59 Å². The van der Waals surface area contributed by atoms with Crippen LogP contribution in [0.5, 0.6) is 5.75 Å². The number of benzene rings is 2. The van der Waals surface area contributed by atoms with E-state index >= 15 is 0 Å². The van der Waals surface area contributed by atoms with Crippen LogP contribution in [-0.2, 0) is 0 Å². The predicted octanol–water partition coefficient (Wildman–Crippen LogP) is 4.43. The van der Waals surface area contributed by atoms with Crippen LogP contribution in [0.2, 0.25) is 0 Å². The molecule has 1 N–H and O–H groups in total. The van der Waals surface area contributed by atoms with Gasteiger partial charge < -0.3 is 19.9 Å². The summed E-state index contributed by atoms with van der Waals surface area (Å²) in [4.78, 5) is 29.5. The van der Waals surface area contributed by atoms with Gasteiger partial charge in [0.25, 0.3) is 11.8 Å². The Balaban J connectivity index is 0.00000204. The first-order valence-corrected chi connectivity index (χ1v) is 11.8. The van der Waals surface area contributed by atoms with Crippen molar-refractivity contribution in [1.29, 1.82) is 0 Å². The zero-order valence-electron chi connectivity index (χ0n) is 19.5. The van der Waals surface area contributed by atoms with Gasteiger partial charge in [-0.1, -0.05) is 24.6 Å². The van der Waals surface area contributed by atoms with E-state index in [1.54, 1.807) is 12.1 Å². The van der Waals surface area contributed by atoms with Crippen LogP contribution in [0.15, 0.2) is 54.6 Å². The van der Waals surface area contributed by atoms with E-state index < -0.39 is 0 Å². The van der Waals surface area contributed by atoms with Crippen molar-refractivity contribution < 1.29 is 14.3 Å². The third kappa shape index (κ3) is 7.90. The highest BCUT2D eigenvalue weighted by molar-refractivity contribution is 5.95. The molecule has 2 aliphatic rings. The largest absolute Gasteiger partial charge is 0.494 e. The fourth-order valence-corrected chi connectivity index (χ4v) is 4.46. The van der Waals surface area contributed by atoms with Crippen molar-refractivity contribution in [2.45, 2.75) is 38.1 Å². The number of hydrogen-bond donors (Lipinski definition) is 1. The van der Waals surface area contributed by atoms with E-state index in [1.165, 1.54) is 32.4 Å². The minimum Gasteiger partial charge on any atom is -0.494 e. The maximum Gasteiger partial charge on any atom is 0.253 e. The van der Waals surface area contributed by atoms with Crippen LogP contribution in [0.25, 0.3) is 0 Å². The van der Waals surface area contributed by atoms with E-state index in [4.69, 9.17) is 4.74 Å². The lowest BCUT2D eigenvalue weighted by molar-refractivity contribution is 0.0783. The van der Waals surface area contributed by atoms with Gasteiger partial charge >= 0.3 is 0 Å². The van der Waals surface area contributed by atoms with Crippen LogP contribution in [0, 0.1) is 0 Å². The lowest BCUT2D eigenvalue weighted by Gasteiger charge is -2.26. The number of carbonyl (C=O) groups excluding carboxylic acids is 2. The molecule has 4 rings (SSSR count). The van der Waals surface area contributed by atoms with Crippen molar-refractivity contribution in [3.8, 4) is 5.75 Å². The lowest BCUT2D eigenvalue weighted by Crippen LogP contribution is -2.38. The molecular weight excluding hydrogens is 473 g/mol. The Morgan fingerprint density at radius 3 is 2.29 bits per heavy atom. The second-order valence-electron chi connectivity index (χ2n) is 8.70. The van der Waals surface area contributed by atoms with Crippen LogP contribution in [0.4, 0.5) is 0 Å². The van der Waals surface area contributed by atoms with E-state index in [-0.39, 0.29) is 42.7 Å². The molecule has 2 aromatic rings. The summed E-state index contributed by atoms with van der Waals surface area (Å²) in [6, 6.07) is 16.6. The molecule has 0 unspecified atom stereocenters. The summed E-state index contributed by atoms with van der Waals surface area (Å²) in [5.41, 5.74) is 1.30. The van der Waals surface area contributed by atoms with Gasteiger partial charge in [0.15, 0.2) is 0 Å². The van der Waals surface area contributed by atoms with Crippen LogP contribution < -0.4 is 10.1 Å². The standard InChI is InChI=1S/C26H33N3O3.2ClH/c30-25(21-8-3-1-4-9-21)27-23-14-18-29(20-23)26(31)22-10-12-24(13-11-22)32-19-7-17-28-15-5-2-6-16-28;;/h1,3-4,8-13,23H,2,5-7,14-20H2,(H,27,30);2*1H/t23-;;/m0../s1. The molecule has 0 radical (unpaired) electrons. The first-order valence-electron chi connectivity index (χ1n) is 11.8. The molecule has 6 nitrogen and oxygen atoms in total. The van der Waals surface area contributed by atoms with Crippen molar-refractivity contribution in [3.63, 3.8) is 0 Å². The van der Waals surface area contributed by atoms with E-state index in [1.807, 2.05) is 47.4 Å². The Morgan fingerprint density at radius 2 is 1.59 bits per heavy atom. The minimum atomic E-state index is -0.0910. The number of piperidine rings is 1. The van der Waals surface area contributed by atoms with Crippen LogP contribution in [0.1, 0.15) is 52.8 Å². The Labute approximate surface area is 214 Å². The molecular formula is C26H35Cl2N3O3. The summed E-state index contributed by atoms with van der Waals surface area (Å²) in [6.45, 7) is 5.39. The molecule has 0 spiro atoms. The highest BCUT2D eigenvalue weighted by Crippen LogP contribution is 2.18. The summed E-state index contributed by atoms with van der Waals surface area (Å²) in [6.07, 6.45) is 5.77. The number of nitrogens with zero attached hydrogens (tertiary/aromatic N) is 2. The molecule has 2 heterocycles. The third-order valence-corrected chi connectivity index (χ3v) is 6.28. The molecule has 8 heteroatoms. The van der Waals surface area contributed by atoms with Crippen molar-refractivity contribution in [3.05, 3.63) is 65.7 Å². The number of amides is 2. The molecule has 0 bridgehead atoms. The van der Waals surface area contributed by atoms with Crippen molar-refractivity contribution in [2.75, 3.05) is 39.3 Å². The minimum absolute atomic E-state index is 0. The van der Waals surface area contributed by atoms with E-state index in [0.717, 1.165) is 25.1 Å². The predicted molar refractivity (Wildman–Crippen MR) is 140 cm³/mol. The Morgan fingerprint density at radius 1 is 0.882 bits per heavy atom. The summed E-state index contributed by atoms with van der Waals surface area (Å²) in [5.74, 6) is 0.708. The first-order chi connectivity index (χ1) is 15.7. The number of rotatable bonds is 8. The quantitative estimate of drug-likeness (QED) is 0.536. The number of halogens is 2. The lowest BCUT2D eigenvalue weighted by atomic mass is 10.1. The summed E-state index contributed by atoms with van der Waals surface area (Å²) >= 11 is 0. The zero-order chi connectivity index (χ0) is 22.2. The van der Waals surface area contributed by atoms with Crippen LogP contribution >= 0.6 is 24.8 Å². The molecule has 0 aromatic heterocycles. The van der Waals surface area contributed by atoms with E-state index in [0.29, 0.717) is 30.8 Å². The highest BCUT2D eigenvalue weighted by Gasteiger charge is 2.28. The Bertz CT molecular complexity index is 890. The third-order valence-electron chi connectivity index (χ3n) is 6.28. The molecule has 1 atom stereocenters. The van der Waals surface area contributed by atoms with Crippen molar-refractivity contribution >= 4 is 36.6 Å². The van der Waals surface area contributed by atoms with E-state index in [2.05, 4.69) is 10.2 Å². The fraction of sp³-hybridized carbons (Fsp3) is 0.462. The average Bonchev–Trinajstić information content (AvgIpc) is 3.31. The topological polar surface area (TPSA) is 61.9 Å². The molecule has 186 valence electrons. The summed E-state index contributed by atoms with van der Waals surface area (Å²) in [5, 5.41) is 3.04. The molecule has 2 saturated heterocycles.